The van der Waals surface area contributed by atoms with Gasteiger partial charge in [0.05, 0.1) is 16.9 Å². The molecule has 0 saturated heterocycles. The monoisotopic (exact) mass is 332 g/mol. The van der Waals surface area contributed by atoms with E-state index in [2.05, 4.69) is 4.98 Å². The van der Waals surface area contributed by atoms with E-state index in [0.29, 0.717) is 15.4 Å². The molecular formula is C16H10F2N2O2S. The number of fused-ring (bicyclic) bond motifs is 2. The predicted octanol–water partition coefficient (Wildman–Crippen LogP) is 3.50. The van der Waals surface area contributed by atoms with Gasteiger partial charge in [0.15, 0.2) is 18.2 Å². The first-order valence-corrected chi connectivity index (χ1v) is 7.71. The summed E-state index contributed by atoms with van der Waals surface area (Å²) in [6.45, 7) is -0.0787. The molecule has 0 radical (unpaired) electrons. The maximum atomic E-state index is 13.8. The molecule has 0 atom stereocenters. The number of nitrogens with zero attached hydrogens (tertiary/aromatic N) is 2. The molecule has 4 rings (SSSR count). The van der Waals surface area contributed by atoms with E-state index in [-0.39, 0.29) is 30.3 Å². The number of carbonyl (C=O) groups is 1. The highest BCUT2D eigenvalue weighted by Gasteiger charge is 2.28. The summed E-state index contributed by atoms with van der Waals surface area (Å²) in [7, 11) is 0. The molecule has 1 aromatic heterocycles. The van der Waals surface area contributed by atoms with Crippen molar-refractivity contribution in [3.8, 4) is 5.75 Å². The number of ether oxygens (including phenoxy) is 1. The van der Waals surface area contributed by atoms with Crippen LogP contribution >= 0.6 is 11.3 Å². The minimum absolute atomic E-state index is 0.0550. The zero-order chi connectivity index (χ0) is 16.0. The van der Waals surface area contributed by atoms with Crippen molar-refractivity contribution in [3.63, 3.8) is 0 Å². The molecule has 116 valence electrons. The van der Waals surface area contributed by atoms with Gasteiger partial charge in [0.1, 0.15) is 16.3 Å². The first kappa shape index (κ1) is 14.1. The smallest absolute Gasteiger partial charge is 0.265 e. The molecule has 0 aliphatic carbocycles. The van der Waals surface area contributed by atoms with Gasteiger partial charge in [-0.25, -0.2) is 13.8 Å². The van der Waals surface area contributed by atoms with Crippen LogP contribution in [0.4, 0.5) is 14.5 Å². The van der Waals surface area contributed by atoms with Crippen molar-refractivity contribution < 1.29 is 18.3 Å². The summed E-state index contributed by atoms with van der Waals surface area (Å²) in [5, 5.41) is 0.579. The van der Waals surface area contributed by atoms with Gasteiger partial charge in [0.2, 0.25) is 0 Å². The highest BCUT2D eigenvalue weighted by atomic mass is 32.1. The molecule has 3 aromatic rings. The van der Waals surface area contributed by atoms with Crippen LogP contribution in [0.25, 0.3) is 10.2 Å². The Morgan fingerprint density at radius 2 is 1.96 bits per heavy atom. The van der Waals surface area contributed by atoms with Gasteiger partial charge in [-0.3, -0.25) is 9.69 Å². The van der Waals surface area contributed by atoms with Crippen LogP contribution in [0.1, 0.15) is 5.01 Å². The van der Waals surface area contributed by atoms with Crippen LogP contribution in [0.3, 0.4) is 0 Å². The molecule has 7 heteroatoms. The predicted molar refractivity (Wildman–Crippen MR) is 82.7 cm³/mol. The number of anilines is 1. The van der Waals surface area contributed by atoms with Gasteiger partial charge in [-0.2, -0.15) is 0 Å². The third-order valence-corrected chi connectivity index (χ3v) is 4.59. The van der Waals surface area contributed by atoms with E-state index in [1.54, 1.807) is 18.2 Å². The maximum Gasteiger partial charge on any atom is 0.265 e. The highest BCUT2D eigenvalue weighted by molar-refractivity contribution is 7.18. The number of amides is 1. The Labute approximate surface area is 133 Å². The van der Waals surface area contributed by atoms with Gasteiger partial charge >= 0.3 is 0 Å². The molecule has 4 nitrogen and oxygen atoms in total. The number of aromatic nitrogens is 1. The number of benzene rings is 2. The van der Waals surface area contributed by atoms with Crippen molar-refractivity contribution in [2.75, 3.05) is 11.5 Å². The lowest BCUT2D eigenvalue weighted by Crippen LogP contribution is -2.38. The van der Waals surface area contributed by atoms with E-state index in [4.69, 9.17) is 4.74 Å². The molecular weight excluding hydrogens is 322 g/mol. The first-order valence-electron chi connectivity index (χ1n) is 6.89. The van der Waals surface area contributed by atoms with Crippen LogP contribution in [-0.2, 0) is 11.3 Å². The Kier molecular flexibility index (Phi) is 3.23. The average molecular weight is 332 g/mol. The Hall–Kier alpha value is -2.54. The lowest BCUT2D eigenvalue weighted by molar-refractivity contribution is -0.121. The van der Waals surface area contributed by atoms with Crippen molar-refractivity contribution in [1.29, 1.82) is 0 Å². The largest absolute Gasteiger partial charge is 0.478 e. The minimum Gasteiger partial charge on any atom is -0.478 e. The Balaban J connectivity index is 1.74. The molecule has 0 unspecified atom stereocenters. The van der Waals surface area contributed by atoms with E-state index >= 15 is 0 Å². The molecule has 1 aliphatic heterocycles. The van der Waals surface area contributed by atoms with E-state index in [9.17, 15) is 13.6 Å². The fourth-order valence-electron chi connectivity index (χ4n) is 2.54. The third kappa shape index (κ3) is 2.33. The number of para-hydroxylation sites is 2. The summed E-state index contributed by atoms with van der Waals surface area (Å²) in [4.78, 5) is 17.8. The molecule has 23 heavy (non-hydrogen) atoms. The van der Waals surface area contributed by atoms with Crippen LogP contribution in [-0.4, -0.2) is 17.5 Å². The molecule has 0 bridgehead atoms. The van der Waals surface area contributed by atoms with E-state index in [1.807, 2.05) is 0 Å². The summed E-state index contributed by atoms with van der Waals surface area (Å²) in [5.41, 5.74) is 0.647. The highest BCUT2D eigenvalue weighted by Crippen LogP contribution is 2.36. The molecule has 0 saturated carbocycles. The summed E-state index contributed by atoms with van der Waals surface area (Å²) in [6.07, 6.45) is 0. The van der Waals surface area contributed by atoms with Crippen molar-refractivity contribution in [1.82, 2.24) is 4.98 Å². The second kappa shape index (κ2) is 5.27. The number of carbonyl (C=O) groups excluding carboxylic acids is 1. The normalized spacial score (nSPS) is 14.0. The third-order valence-electron chi connectivity index (χ3n) is 3.59. The second-order valence-corrected chi connectivity index (χ2v) is 6.17. The molecule has 1 aliphatic rings. The molecule has 1 amide bonds. The van der Waals surface area contributed by atoms with Crippen molar-refractivity contribution in [3.05, 3.63) is 53.0 Å². The van der Waals surface area contributed by atoms with Crippen LogP contribution < -0.4 is 9.64 Å². The summed E-state index contributed by atoms with van der Waals surface area (Å²) >= 11 is 1.31. The summed E-state index contributed by atoms with van der Waals surface area (Å²) < 4.78 is 33.4. The molecule has 0 N–H and O–H groups in total. The van der Waals surface area contributed by atoms with Gasteiger partial charge in [-0.15, -0.1) is 11.3 Å². The lowest BCUT2D eigenvalue weighted by atomic mass is 10.2. The van der Waals surface area contributed by atoms with Crippen LogP contribution in [0.5, 0.6) is 5.75 Å². The topological polar surface area (TPSA) is 42.4 Å². The zero-order valence-corrected chi connectivity index (χ0v) is 12.6. The first-order chi connectivity index (χ1) is 11.1. The van der Waals surface area contributed by atoms with Gasteiger partial charge in [0.25, 0.3) is 5.91 Å². The Morgan fingerprint density at radius 3 is 2.78 bits per heavy atom. The van der Waals surface area contributed by atoms with Gasteiger partial charge in [-0.1, -0.05) is 12.1 Å². The number of hydrogen-bond acceptors (Lipinski definition) is 4. The average Bonchev–Trinajstić information content (AvgIpc) is 2.95. The van der Waals surface area contributed by atoms with Crippen LogP contribution in [0.15, 0.2) is 36.4 Å². The zero-order valence-electron chi connectivity index (χ0n) is 11.8. The summed E-state index contributed by atoms with van der Waals surface area (Å²) in [5.74, 6) is -1.15. The number of rotatable bonds is 2. The van der Waals surface area contributed by atoms with E-state index in [0.717, 1.165) is 0 Å². The van der Waals surface area contributed by atoms with Crippen LogP contribution in [0, 0.1) is 11.6 Å². The molecule has 2 heterocycles. The maximum absolute atomic E-state index is 13.8. The van der Waals surface area contributed by atoms with Crippen molar-refractivity contribution >= 4 is 33.1 Å². The Bertz CT molecular complexity index is 926. The number of thiazole rings is 1. The number of hydrogen-bond donors (Lipinski definition) is 0. The minimum atomic E-state index is -0.518. The standard InChI is InChI=1S/C16H10F2N2O2S/c17-9-3-2-6-12-15(9)19-13(23-12)7-20-11-5-1-4-10(18)16(11)22-8-14(20)21/h1-6H,7-8H2. The second-order valence-electron chi connectivity index (χ2n) is 5.05. The lowest BCUT2D eigenvalue weighted by Gasteiger charge is -2.28. The number of halogens is 2. The fourth-order valence-corrected chi connectivity index (χ4v) is 3.51. The van der Waals surface area contributed by atoms with Crippen LogP contribution in [0.2, 0.25) is 0 Å². The molecule has 2 aromatic carbocycles. The van der Waals surface area contributed by atoms with Crippen molar-refractivity contribution in [2.45, 2.75) is 6.54 Å². The van der Waals surface area contributed by atoms with Crippen molar-refractivity contribution in [2.24, 2.45) is 0 Å². The quantitative estimate of drug-likeness (QED) is 0.721. The van der Waals surface area contributed by atoms with Gasteiger partial charge in [0, 0.05) is 0 Å². The van der Waals surface area contributed by atoms with E-state index in [1.165, 1.54) is 34.4 Å². The molecule has 0 spiro atoms. The Morgan fingerprint density at radius 1 is 1.17 bits per heavy atom. The summed E-state index contributed by atoms with van der Waals surface area (Å²) in [6, 6.07) is 9.14. The van der Waals surface area contributed by atoms with E-state index < -0.39 is 11.6 Å². The molecule has 0 fully saturated rings. The van der Waals surface area contributed by atoms with Gasteiger partial charge < -0.3 is 4.74 Å². The van der Waals surface area contributed by atoms with Gasteiger partial charge in [-0.05, 0) is 24.3 Å². The SMILES string of the molecule is O=C1COc2c(F)cccc2N1Cc1nc2c(F)cccc2s1. The fraction of sp³-hybridized carbons (Fsp3) is 0.125.